The number of fused-ring (bicyclic) bond motifs is 1. The van der Waals surface area contributed by atoms with Gasteiger partial charge >= 0.3 is 0 Å². The summed E-state index contributed by atoms with van der Waals surface area (Å²) in [6.45, 7) is 8.22. The van der Waals surface area contributed by atoms with E-state index in [2.05, 4.69) is 45.9 Å². The smallest absolute Gasteiger partial charge is 0.282 e. The van der Waals surface area contributed by atoms with Crippen LogP contribution in [0.2, 0.25) is 0 Å². The largest absolute Gasteiger partial charge is 0.496 e. The molecule has 0 radical (unpaired) electrons. The summed E-state index contributed by atoms with van der Waals surface area (Å²) >= 11 is 3.42. The molecule has 0 bridgehead atoms. The molecule has 5 nitrogen and oxygen atoms in total. The van der Waals surface area contributed by atoms with Crippen LogP contribution in [0.25, 0.3) is 10.9 Å². The Kier molecular flexibility index (Phi) is 5.98. The average molecular weight is 442 g/mol. The number of benzene rings is 2. The lowest BCUT2D eigenvalue weighted by Crippen LogP contribution is -2.22. The number of hydrogen-bond acceptors (Lipinski definition) is 4. The average Bonchev–Trinajstić information content (AvgIpc) is 2.67. The molecule has 3 aromatic rings. The molecule has 2 aromatic carbocycles. The topological polar surface area (TPSA) is 56.5 Å². The van der Waals surface area contributed by atoms with E-state index in [-0.39, 0.29) is 5.56 Å². The van der Waals surface area contributed by atoms with Gasteiger partial charge in [0.2, 0.25) is 0 Å². The Hall–Kier alpha value is -2.47. The maximum atomic E-state index is 13.0. The van der Waals surface area contributed by atoms with E-state index in [4.69, 9.17) is 4.74 Å². The molecule has 0 unspecified atom stereocenters. The van der Waals surface area contributed by atoms with Crippen LogP contribution in [0.1, 0.15) is 49.2 Å². The number of ether oxygens (including phenoxy) is 1. The molecular weight excluding hydrogens is 418 g/mol. The molecule has 6 heteroatoms. The van der Waals surface area contributed by atoms with E-state index in [0.29, 0.717) is 29.1 Å². The summed E-state index contributed by atoms with van der Waals surface area (Å²) in [6, 6.07) is 9.60. The number of methoxy groups -OCH3 is 1. The highest BCUT2D eigenvalue weighted by Crippen LogP contribution is 2.29. The Morgan fingerprint density at radius 3 is 2.68 bits per heavy atom. The minimum Gasteiger partial charge on any atom is -0.496 e. The minimum atomic E-state index is -0.172. The highest BCUT2D eigenvalue weighted by Gasteiger charge is 2.12. The lowest BCUT2D eigenvalue weighted by molar-refractivity contribution is 0.407. The van der Waals surface area contributed by atoms with Gasteiger partial charge in [0.05, 0.1) is 24.2 Å². The van der Waals surface area contributed by atoms with Gasteiger partial charge in [0.15, 0.2) is 0 Å². The second kappa shape index (κ2) is 8.27. The van der Waals surface area contributed by atoms with E-state index in [1.54, 1.807) is 19.4 Å². The summed E-state index contributed by atoms with van der Waals surface area (Å²) in [4.78, 5) is 17.6. The van der Waals surface area contributed by atoms with Gasteiger partial charge < -0.3 is 4.74 Å². The zero-order chi connectivity index (χ0) is 20.4. The second-order valence-corrected chi connectivity index (χ2v) is 7.93. The molecule has 0 atom stereocenters. The summed E-state index contributed by atoms with van der Waals surface area (Å²) in [5, 5.41) is 5.04. The van der Waals surface area contributed by atoms with E-state index in [1.807, 2.05) is 32.0 Å². The summed E-state index contributed by atoms with van der Waals surface area (Å²) in [5.41, 5.74) is 3.60. The third-order valence-electron chi connectivity index (χ3n) is 4.74. The van der Waals surface area contributed by atoms with Crippen molar-refractivity contribution in [3.63, 3.8) is 0 Å². The Morgan fingerprint density at radius 2 is 2.04 bits per heavy atom. The van der Waals surface area contributed by atoms with Gasteiger partial charge in [0.1, 0.15) is 11.6 Å². The predicted octanol–water partition coefficient (Wildman–Crippen LogP) is 5.04. The van der Waals surface area contributed by atoms with Crippen molar-refractivity contribution < 1.29 is 4.74 Å². The SMILES string of the molecule is CCc1nc2ccc(Br)cc2c(=O)n1N=Cc1cc(C(C)C)c(OC)cc1C. The molecule has 0 saturated carbocycles. The van der Waals surface area contributed by atoms with Crippen LogP contribution in [-0.4, -0.2) is 23.0 Å². The maximum Gasteiger partial charge on any atom is 0.282 e. The van der Waals surface area contributed by atoms with Gasteiger partial charge in [-0.05, 0) is 59.9 Å². The second-order valence-electron chi connectivity index (χ2n) is 7.01. The molecule has 1 aromatic heterocycles. The Labute approximate surface area is 173 Å². The van der Waals surface area contributed by atoms with Crippen LogP contribution in [-0.2, 0) is 6.42 Å². The number of rotatable bonds is 5. The molecule has 1 heterocycles. The molecule has 0 saturated heterocycles. The Bertz CT molecular complexity index is 1120. The number of hydrogen-bond donors (Lipinski definition) is 0. The fourth-order valence-electron chi connectivity index (χ4n) is 3.15. The molecule has 3 rings (SSSR count). The molecule has 0 spiro atoms. The lowest BCUT2D eigenvalue weighted by atomic mass is 9.97. The zero-order valence-corrected chi connectivity index (χ0v) is 18.4. The first-order chi connectivity index (χ1) is 13.3. The van der Waals surface area contributed by atoms with Crippen LogP contribution in [0.5, 0.6) is 5.75 Å². The van der Waals surface area contributed by atoms with E-state index in [1.165, 1.54) is 4.68 Å². The molecule has 28 heavy (non-hydrogen) atoms. The van der Waals surface area contributed by atoms with Crippen molar-refractivity contribution in [3.8, 4) is 5.75 Å². The van der Waals surface area contributed by atoms with Gasteiger partial charge in [-0.3, -0.25) is 4.79 Å². The van der Waals surface area contributed by atoms with E-state index in [9.17, 15) is 4.79 Å². The van der Waals surface area contributed by atoms with E-state index in [0.717, 1.165) is 26.9 Å². The summed E-state index contributed by atoms with van der Waals surface area (Å²) in [6.07, 6.45) is 2.34. The molecule has 0 amide bonds. The number of nitrogens with zero attached hydrogens (tertiary/aromatic N) is 3. The molecule has 0 aliphatic carbocycles. The molecule has 0 aliphatic heterocycles. The van der Waals surface area contributed by atoms with Crippen LogP contribution >= 0.6 is 15.9 Å². The first-order valence-corrected chi connectivity index (χ1v) is 10.1. The molecule has 0 fully saturated rings. The molecule has 146 valence electrons. The van der Waals surface area contributed by atoms with Crippen molar-refractivity contribution in [1.29, 1.82) is 0 Å². The number of aryl methyl sites for hydroxylation is 2. The van der Waals surface area contributed by atoms with Gasteiger partial charge in [0, 0.05) is 10.9 Å². The fourth-order valence-corrected chi connectivity index (χ4v) is 3.51. The lowest BCUT2D eigenvalue weighted by Gasteiger charge is -2.14. The van der Waals surface area contributed by atoms with Crippen molar-refractivity contribution in [2.45, 2.75) is 40.0 Å². The van der Waals surface area contributed by atoms with Crippen molar-refractivity contribution in [1.82, 2.24) is 9.66 Å². The fraction of sp³-hybridized carbons (Fsp3) is 0.318. The number of aromatic nitrogens is 2. The van der Waals surface area contributed by atoms with Crippen molar-refractivity contribution in [2.24, 2.45) is 5.10 Å². The normalized spacial score (nSPS) is 11.7. The van der Waals surface area contributed by atoms with Gasteiger partial charge in [-0.1, -0.05) is 36.7 Å². The van der Waals surface area contributed by atoms with Crippen LogP contribution in [0.15, 0.2) is 44.7 Å². The van der Waals surface area contributed by atoms with Crippen molar-refractivity contribution in [2.75, 3.05) is 7.11 Å². The van der Waals surface area contributed by atoms with Gasteiger partial charge in [0.25, 0.3) is 5.56 Å². The first-order valence-electron chi connectivity index (χ1n) is 9.29. The van der Waals surface area contributed by atoms with Gasteiger partial charge in [-0.15, -0.1) is 0 Å². The van der Waals surface area contributed by atoms with Crippen LogP contribution in [0, 0.1) is 6.92 Å². The Morgan fingerprint density at radius 1 is 1.29 bits per heavy atom. The highest BCUT2D eigenvalue weighted by molar-refractivity contribution is 9.10. The van der Waals surface area contributed by atoms with E-state index >= 15 is 0 Å². The summed E-state index contributed by atoms with van der Waals surface area (Å²) in [7, 11) is 1.68. The zero-order valence-electron chi connectivity index (χ0n) is 16.8. The van der Waals surface area contributed by atoms with Gasteiger partial charge in [-0.25, -0.2) is 4.98 Å². The quantitative estimate of drug-likeness (QED) is 0.520. The van der Waals surface area contributed by atoms with Crippen molar-refractivity contribution >= 4 is 33.0 Å². The molecule has 0 aliphatic rings. The summed E-state index contributed by atoms with van der Waals surface area (Å²) < 4.78 is 7.74. The highest BCUT2D eigenvalue weighted by atomic mass is 79.9. The third-order valence-corrected chi connectivity index (χ3v) is 5.24. The minimum absolute atomic E-state index is 0.172. The van der Waals surface area contributed by atoms with Crippen LogP contribution < -0.4 is 10.3 Å². The standard InChI is InChI=1S/C22H24BrN3O2/c1-6-21-25-19-8-7-16(23)11-18(19)22(27)26(21)24-12-15-10-17(13(2)3)20(28-5)9-14(15)4/h7-13H,6H2,1-5H3. The van der Waals surface area contributed by atoms with Gasteiger partial charge in [-0.2, -0.15) is 9.78 Å². The maximum absolute atomic E-state index is 13.0. The first kappa shape index (κ1) is 20.3. The number of halogens is 1. The van der Waals surface area contributed by atoms with Crippen LogP contribution in [0.3, 0.4) is 0 Å². The third kappa shape index (κ3) is 3.87. The monoisotopic (exact) mass is 441 g/mol. The summed E-state index contributed by atoms with van der Waals surface area (Å²) in [5.74, 6) is 1.82. The van der Waals surface area contributed by atoms with E-state index < -0.39 is 0 Å². The van der Waals surface area contributed by atoms with Crippen LogP contribution in [0.4, 0.5) is 0 Å². The predicted molar refractivity (Wildman–Crippen MR) is 118 cm³/mol. The van der Waals surface area contributed by atoms with Crippen molar-refractivity contribution in [3.05, 3.63) is 67.7 Å². The Balaban J connectivity index is 2.15. The molecular formula is C22H24BrN3O2. The molecule has 0 N–H and O–H groups in total.